The lowest BCUT2D eigenvalue weighted by Gasteiger charge is -2.07. The van der Waals surface area contributed by atoms with E-state index in [1.54, 1.807) is 18.2 Å². The number of aromatic carboxylic acids is 1. The van der Waals surface area contributed by atoms with Crippen molar-refractivity contribution in [1.82, 2.24) is 5.32 Å². The van der Waals surface area contributed by atoms with Gasteiger partial charge in [0.1, 0.15) is 5.58 Å². The van der Waals surface area contributed by atoms with E-state index in [4.69, 9.17) is 9.52 Å². The maximum atomic E-state index is 12.0. The Kier molecular flexibility index (Phi) is 3.99. The van der Waals surface area contributed by atoms with Crippen LogP contribution in [0.2, 0.25) is 0 Å². The Morgan fingerprint density at radius 3 is 2.70 bits per heavy atom. The minimum Gasteiger partial charge on any atom is -0.475 e. The van der Waals surface area contributed by atoms with E-state index in [0.29, 0.717) is 11.0 Å². The van der Waals surface area contributed by atoms with E-state index in [1.165, 1.54) is 6.07 Å². The van der Waals surface area contributed by atoms with Crippen LogP contribution in [-0.2, 0) is 6.54 Å². The highest BCUT2D eigenvalue weighted by Crippen LogP contribution is 2.21. The van der Waals surface area contributed by atoms with Crippen molar-refractivity contribution in [2.24, 2.45) is 0 Å². The number of hydrogen-bond acceptors (Lipinski definition) is 3. The van der Waals surface area contributed by atoms with Gasteiger partial charge in [0, 0.05) is 18.5 Å². The molecule has 0 saturated carbocycles. The van der Waals surface area contributed by atoms with Crippen molar-refractivity contribution in [2.45, 2.75) is 19.1 Å². The van der Waals surface area contributed by atoms with E-state index in [0.717, 1.165) is 5.56 Å². The number of carboxylic acid groups (broad SMARTS) is 1. The lowest BCUT2D eigenvalue weighted by Crippen LogP contribution is -2.21. The highest BCUT2D eigenvalue weighted by Gasteiger charge is 2.25. The minimum absolute atomic E-state index is 0.159. The quantitative estimate of drug-likeness (QED) is 0.829. The Morgan fingerprint density at radius 2 is 2.05 bits per heavy atom. The third kappa shape index (κ3) is 3.74. The van der Waals surface area contributed by atoms with Gasteiger partial charge < -0.3 is 14.8 Å². The summed E-state index contributed by atoms with van der Waals surface area (Å²) < 4.78 is 41.0. The number of benzene rings is 1. The standard InChI is InChI=1S/C13H12F3NO3/c14-13(15,16)3-4-17-7-8-1-2-10-9(5-8)6-11(20-10)12(18)19/h1-2,5-6,17H,3-4,7H2,(H,18,19). The Labute approximate surface area is 112 Å². The van der Waals surface area contributed by atoms with E-state index in [9.17, 15) is 18.0 Å². The zero-order valence-electron chi connectivity index (χ0n) is 10.3. The number of halogens is 3. The first-order valence-electron chi connectivity index (χ1n) is 5.88. The average molecular weight is 287 g/mol. The first-order chi connectivity index (χ1) is 9.35. The molecule has 7 heteroatoms. The maximum absolute atomic E-state index is 12.0. The number of alkyl halides is 3. The number of nitrogens with one attached hydrogen (secondary N) is 1. The predicted octanol–water partition coefficient (Wildman–Crippen LogP) is 3.17. The van der Waals surface area contributed by atoms with Crippen LogP contribution in [0.15, 0.2) is 28.7 Å². The molecule has 2 N–H and O–H groups in total. The van der Waals surface area contributed by atoms with Gasteiger partial charge in [0.25, 0.3) is 0 Å². The Balaban J connectivity index is 1.99. The predicted molar refractivity (Wildman–Crippen MR) is 65.6 cm³/mol. The monoisotopic (exact) mass is 287 g/mol. The van der Waals surface area contributed by atoms with Gasteiger partial charge in [-0.3, -0.25) is 0 Å². The van der Waals surface area contributed by atoms with Crippen LogP contribution in [0.3, 0.4) is 0 Å². The molecule has 0 spiro atoms. The number of fused-ring (bicyclic) bond motifs is 1. The van der Waals surface area contributed by atoms with Crippen LogP contribution in [0.25, 0.3) is 11.0 Å². The molecule has 20 heavy (non-hydrogen) atoms. The van der Waals surface area contributed by atoms with E-state index in [1.807, 2.05) is 0 Å². The van der Waals surface area contributed by atoms with E-state index in [-0.39, 0.29) is 18.8 Å². The van der Waals surface area contributed by atoms with Gasteiger partial charge in [-0.05, 0) is 23.8 Å². The Morgan fingerprint density at radius 1 is 1.30 bits per heavy atom. The second-order valence-corrected chi connectivity index (χ2v) is 4.33. The molecule has 0 aliphatic rings. The van der Waals surface area contributed by atoms with Crippen molar-refractivity contribution < 1.29 is 27.5 Å². The summed E-state index contributed by atoms with van der Waals surface area (Å²) in [6.45, 7) is 0.118. The summed E-state index contributed by atoms with van der Waals surface area (Å²) in [5.74, 6) is -1.33. The second-order valence-electron chi connectivity index (χ2n) is 4.33. The smallest absolute Gasteiger partial charge is 0.390 e. The molecular formula is C13H12F3NO3. The summed E-state index contributed by atoms with van der Waals surface area (Å²) in [7, 11) is 0. The highest BCUT2D eigenvalue weighted by atomic mass is 19.4. The van der Waals surface area contributed by atoms with Crippen LogP contribution in [0.1, 0.15) is 22.5 Å². The molecule has 1 heterocycles. The van der Waals surface area contributed by atoms with Crippen LogP contribution < -0.4 is 5.32 Å². The SMILES string of the molecule is O=C(O)c1cc2cc(CNCCC(F)(F)F)ccc2o1. The third-order valence-corrected chi connectivity index (χ3v) is 2.71. The summed E-state index contributed by atoms with van der Waals surface area (Å²) in [5, 5.41) is 12.1. The molecule has 2 aromatic rings. The zero-order chi connectivity index (χ0) is 14.8. The Hall–Kier alpha value is -2.02. The van der Waals surface area contributed by atoms with Gasteiger partial charge in [0.05, 0.1) is 6.42 Å². The van der Waals surface area contributed by atoms with Gasteiger partial charge in [-0.15, -0.1) is 0 Å². The van der Waals surface area contributed by atoms with Crippen LogP contribution in [-0.4, -0.2) is 23.8 Å². The highest BCUT2D eigenvalue weighted by molar-refractivity contribution is 5.91. The van der Waals surface area contributed by atoms with Crippen molar-refractivity contribution in [2.75, 3.05) is 6.54 Å². The van der Waals surface area contributed by atoms with Gasteiger partial charge in [0.15, 0.2) is 0 Å². The number of carboxylic acids is 1. The van der Waals surface area contributed by atoms with Crippen molar-refractivity contribution in [3.05, 3.63) is 35.6 Å². The largest absolute Gasteiger partial charge is 0.475 e. The van der Waals surface area contributed by atoms with E-state index in [2.05, 4.69) is 5.32 Å². The van der Waals surface area contributed by atoms with Crippen LogP contribution in [0.4, 0.5) is 13.2 Å². The van der Waals surface area contributed by atoms with Gasteiger partial charge in [-0.1, -0.05) is 6.07 Å². The first kappa shape index (κ1) is 14.4. The van der Waals surface area contributed by atoms with Crippen LogP contribution in [0.5, 0.6) is 0 Å². The summed E-state index contributed by atoms with van der Waals surface area (Å²) in [4.78, 5) is 10.7. The molecule has 0 atom stereocenters. The Bertz CT molecular complexity index is 619. The molecule has 2 rings (SSSR count). The van der Waals surface area contributed by atoms with E-state index >= 15 is 0 Å². The van der Waals surface area contributed by atoms with Crippen molar-refractivity contribution in [3.63, 3.8) is 0 Å². The molecule has 0 aliphatic heterocycles. The molecule has 0 aliphatic carbocycles. The molecule has 1 aromatic carbocycles. The van der Waals surface area contributed by atoms with Crippen molar-refractivity contribution in [3.8, 4) is 0 Å². The second kappa shape index (κ2) is 5.54. The summed E-state index contributed by atoms with van der Waals surface area (Å²) >= 11 is 0. The summed E-state index contributed by atoms with van der Waals surface area (Å²) in [5.41, 5.74) is 1.19. The molecule has 0 saturated heterocycles. The summed E-state index contributed by atoms with van der Waals surface area (Å²) in [6, 6.07) is 6.35. The maximum Gasteiger partial charge on any atom is 0.390 e. The average Bonchev–Trinajstić information content (AvgIpc) is 2.76. The number of hydrogen-bond donors (Lipinski definition) is 2. The lowest BCUT2D eigenvalue weighted by molar-refractivity contribution is -0.133. The first-order valence-corrected chi connectivity index (χ1v) is 5.88. The zero-order valence-corrected chi connectivity index (χ0v) is 10.3. The van der Waals surface area contributed by atoms with E-state index < -0.39 is 18.6 Å². The van der Waals surface area contributed by atoms with Crippen molar-refractivity contribution >= 4 is 16.9 Å². The third-order valence-electron chi connectivity index (χ3n) is 2.71. The van der Waals surface area contributed by atoms with Gasteiger partial charge in [-0.2, -0.15) is 13.2 Å². The molecule has 4 nitrogen and oxygen atoms in total. The molecular weight excluding hydrogens is 275 g/mol. The molecule has 0 radical (unpaired) electrons. The fourth-order valence-electron chi connectivity index (χ4n) is 1.77. The summed E-state index contributed by atoms with van der Waals surface area (Å²) in [6.07, 6.45) is -5.05. The number of rotatable bonds is 5. The van der Waals surface area contributed by atoms with Crippen LogP contribution >= 0.6 is 0 Å². The topological polar surface area (TPSA) is 62.5 Å². The van der Waals surface area contributed by atoms with Gasteiger partial charge >= 0.3 is 12.1 Å². The fourth-order valence-corrected chi connectivity index (χ4v) is 1.77. The van der Waals surface area contributed by atoms with Crippen LogP contribution in [0, 0.1) is 0 Å². The van der Waals surface area contributed by atoms with Gasteiger partial charge in [-0.25, -0.2) is 4.79 Å². The minimum atomic E-state index is -4.17. The van der Waals surface area contributed by atoms with Gasteiger partial charge in [0.2, 0.25) is 5.76 Å². The molecule has 0 fully saturated rings. The van der Waals surface area contributed by atoms with Crippen molar-refractivity contribution in [1.29, 1.82) is 0 Å². The molecule has 108 valence electrons. The fraction of sp³-hybridized carbons (Fsp3) is 0.308. The lowest BCUT2D eigenvalue weighted by atomic mass is 10.1. The number of carbonyl (C=O) groups is 1. The number of furan rings is 1. The molecule has 0 bridgehead atoms. The molecule has 0 unspecified atom stereocenters. The normalized spacial score (nSPS) is 11.9. The molecule has 1 aromatic heterocycles. The molecule has 0 amide bonds.